The summed E-state index contributed by atoms with van der Waals surface area (Å²) in [6.45, 7) is 2.28. The number of nitrogens with one attached hydrogen (secondary N) is 2. The van der Waals surface area contributed by atoms with Gasteiger partial charge >= 0.3 is 0 Å². The van der Waals surface area contributed by atoms with Crippen LogP contribution < -0.4 is 10.6 Å². The maximum Gasteiger partial charge on any atom is 0.243 e. The lowest BCUT2D eigenvalue weighted by Crippen LogP contribution is -2.52. The van der Waals surface area contributed by atoms with Crippen molar-refractivity contribution < 1.29 is 9.59 Å². The minimum Gasteiger partial charge on any atom is -0.352 e. The molecule has 1 aromatic rings. The molecule has 1 aromatic carbocycles. The number of hydrogen-bond acceptors (Lipinski definition) is 2. The average Bonchev–Trinajstić information content (AvgIpc) is 2.70. The Balaban J connectivity index is 1.62. The van der Waals surface area contributed by atoms with Gasteiger partial charge in [0.05, 0.1) is 0 Å². The molecule has 148 valence electrons. The minimum absolute atomic E-state index is 0.0254. The highest BCUT2D eigenvalue weighted by Gasteiger charge is 2.28. The Morgan fingerprint density at radius 1 is 0.963 bits per heavy atom. The molecule has 0 aliphatic heterocycles. The van der Waals surface area contributed by atoms with Crippen molar-refractivity contribution in [1.82, 2.24) is 10.6 Å². The van der Waals surface area contributed by atoms with Crippen molar-refractivity contribution in [3.05, 3.63) is 35.9 Å². The predicted molar refractivity (Wildman–Crippen MR) is 108 cm³/mol. The van der Waals surface area contributed by atoms with Gasteiger partial charge in [-0.2, -0.15) is 0 Å². The van der Waals surface area contributed by atoms with Gasteiger partial charge in [-0.25, -0.2) is 0 Å². The molecule has 4 heteroatoms. The zero-order valence-electron chi connectivity index (χ0n) is 16.6. The Labute approximate surface area is 163 Å². The van der Waals surface area contributed by atoms with Gasteiger partial charge in [-0.1, -0.05) is 56.5 Å². The number of rotatable bonds is 6. The van der Waals surface area contributed by atoms with E-state index in [4.69, 9.17) is 0 Å². The number of hydrogen-bond donors (Lipinski definition) is 2. The second-order valence-electron chi connectivity index (χ2n) is 8.55. The summed E-state index contributed by atoms with van der Waals surface area (Å²) in [5, 5.41) is 6.30. The number of carbonyl (C=O) groups is 2. The fraction of sp³-hybridized carbons (Fsp3) is 0.652. The van der Waals surface area contributed by atoms with Gasteiger partial charge in [-0.05, 0) is 50.0 Å². The van der Waals surface area contributed by atoms with Crippen LogP contribution in [0.4, 0.5) is 0 Å². The van der Waals surface area contributed by atoms with E-state index < -0.39 is 6.04 Å². The van der Waals surface area contributed by atoms with Crippen molar-refractivity contribution in [1.29, 1.82) is 0 Å². The highest BCUT2D eigenvalue weighted by atomic mass is 16.2. The van der Waals surface area contributed by atoms with Gasteiger partial charge in [-0.15, -0.1) is 0 Å². The molecule has 2 amide bonds. The molecule has 2 aliphatic carbocycles. The molecule has 1 unspecified atom stereocenters. The highest BCUT2D eigenvalue weighted by Crippen LogP contribution is 2.25. The van der Waals surface area contributed by atoms with Crippen molar-refractivity contribution >= 4 is 11.8 Å². The zero-order valence-corrected chi connectivity index (χ0v) is 16.6. The summed E-state index contributed by atoms with van der Waals surface area (Å²) in [6, 6.07) is 9.75. The monoisotopic (exact) mass is 370 g/mol. The van der Waals surface area contributed by atoms with Crippen LogP contribution in [0.3, 0.4) is 0 Å². The second kappa shape index (κ2) is 9.91. The van der Waals surface area contributed by atoms with Crippen LogP contribution in [0.1, 0.15) is 70.3 Å². The Bertz CT molecular complexity index is 602. The molecule has 0 aromatic heterocycles. The fourth-order valence-corrected chi connectivity index (χ4v) is 4.42. The van der Waals surface area contributed by atoms with E-state index in [2.05, 4.69) is 17.6 Å². The Hall–Kier alpha value is -1.84. The van der Waals surface area contributed by atoms with Crippen LogP contribution in [0.2, 0.25) is 0 Å². The van der Waals surface area contributed by atoms with E-state index in [0.717, 1.165) is 50.0 Å². The summed E-state index contributed by atoms with van der Waals surface area (Å²) in [4.78, 5) is 25.7. The lowest BCUT2D eigenvalue weighted by molar-refractivity contribution is -0.132. The topological polar surface area (TPSA) is 58.2 Å². The molecule has 0 saturated heterocycles. The third-order valence-corrected chi connectivity index (χ3v) is 6.25. The third kappa shape index (κ3) is 6.08. The van der Waals surface area contributed by atoms with Crippen molar-refractivity contribution in [3.8, 4) is 0 Å². The molecule has 0 spiro atoms. The molecule has 2 saturated carbocycles. The predicted octanol–water partition coefficient (Wildman–Crippen LogP) is 3.99. The smallest absolute Gasteiger partial charge is 0.243 e. The van der Waals surface area contributed by atoms with Crippen molar-refractivity contribution in [2.24, 2.45) is 11.8 Å². The molecule has 0 bridgehead atoms. The van der Waals surface area contributed by atoms with Gasteiger partial charge in [0.15, 0.2) is 0 Å². The van der Waals surface area contributed by atoms with Crippen molar-refractivity contribution in [2.75, 3.05) is 0 Å². The van der Waals surface area contributed by atoms with Gasteiger partial charge in [-0.3, -0.25) is 9.59 Å². The van der Waals surface area contributed by atoms with Gasteiger partial charge in [0, 0.05) is 18.4 Å². The molecule has 2 fully saturated rings. The van der Waals surface area contributed by atoms with E-state index in [9.17, 15) is 9.59 Å². The van der Waals surface area contributed by atoms with E-state index >= 15 is 0 Å². The molecule has 0 radical (unpaired) electrons. The SMILES string of the molecule is CC1CCC(NC(=O)C(Cc2ccccc2)NC(=O)C2CCCCC2)CC1. The molecular formula is C23H34N2O2. The summed E-state index contributed by atoms with van der Waals surface area (Å²) in [5.74, 6) is 0.857. The minimum atomic E-state index is -0.485. The van der Waals surface area contributed by atoms with Gasteiger partial charge < -0.3 is 10.6 Å². The average molecular weight is 371 g/mol. The summed E-state index contributed by atoms with van der Waals surface area (Å²) in [6.07, 6.45) is 10.3. The van der Waals surface area contributed by atoms with Crippen LogP contribution in [0.15, 0.2) is 30.3 Å². The first-order valence-corrected chi connectivity index (χ1v) is 10.8. The standard InChI is InChI=1S/C23H34N2O2/c1-17-12-14-20(15-13-17)24-23(27)21(16-18-8-4-2-5-9-18)25-22(26)19-10-6-3-7-11-19/h2,4-5,8-9,17,19-21H,3,6-7,10-16H2,1H3,(H,24,27)(H,25,26). The van der Waals surface area contributed by atoms with Crippen LogP contribution in [-0.4, -0.2) is 23.9 Å². The van der Waals surface area contributed by atoms with Crippen LogP contribution in [0.5, 0.6) is 0 Å². The van der Waals surface area contributed by atoms with Crippen molar-refractivity contribution in [3.63, 3.8) is 0 Å². The third-order valence-electron chi connectivity index (χ3n) is 6.25. The highest BCUT2D eigenvalue weighted by molar-refractivity contribution is 5.89. The van der Waals surface area contributed by atoms with Crippen LogP contribution >= 0.6 is 0 Å². The quantitative estimate of drug-likeness (QED) is 0.795. The van der Waals surface area contributed by atoms with Gasteiger partial charge in [0.25, 0.3) is 0 Å². The van der Waals surface area contributed by atoms with Gasteiger partial charge in [0.2, 0.25) is 11.8 Å². The number of carbonyl (C=O) groups excluding carboxylic acids is 2. The van der Waals surface area contributed by atoms with Crippen molar-refractivity contribution in [2.45, 2.75) is 83.2 Å². The van der Waals surface area contributed by atoms with Crippen LogP contribution in [0, 0.1) is 11.8 Å². The maximum absolute atomic E-state index is 13.0. The molecule has 0 heterocycles. The maximum atomic E-state index is 13.0. The second-order valence-corrected chi connectivity index (χ2v) is 8.55. The van der Waals surface area contributed by atoms with E-state index in [-0.39, 0.29) is 23.8 Å². The lowest BCUT2D eigenvalue weighted by atomic mass is 9.87. The fourth-order valence-electron chi connectivity index (χ4n) is 4.42. The normalized spacial score (nSPS) is 24.8. The van der Waals surface area contributed by atoms with Gasteiger partial charge in [0.1, 0.15) is 6.04 Å². The first-order valence-electron chi connectivity index (χ1n) is 10.8. The summed E-state index contributed by atoms with van der Waals surface area (Å²) in [5.41, 5.74) is 1.08. The summed E-state index contributed by atoms with van der Waals surface area (Å²) >= 11 is 0. The molecular weight excluding hydrogens is 336 g/mol. The van der Waals surface area contributed by atoms with E-state index in [1.165, 1.54) is 19.3 Å². The molecule has 3 rings (SSSR count). The zero-order chi connectivity index (χ0) is 19.1. The van der Waals surface area contributed by atoms with Crippen LogP contribution in [0.25, 0.3) is 0 Å². The molecule has 2 N–H and O–H groups in total. The molecule has 2 aliphatic rings. The van der Waals surface area contributed by atoms with E-state index in [0.29, 0.717) is 6.42 Å². The van der Waals surface area contributed by atoms with E-state index in [1.54, 1.807) is 0 Å². The molecule has 27 heavy (non-hydrogen) atoms. The summed E-state index contributed by atoms with van der Waals surface area (Å²) in [7, 11) is 0. The Morgan fingerprint density at radius 2 is 1.63 bits per heavy atom. The Morgan fingerprint density at radius 3 is 2.30 bits per heavy atom. The van der Waals surface area contributed by atoms with Crippen LogP contribution in [-0.2, 0) is 16.0 Å². The number of benzene rings is 1. The Kier molecular flexibility index (Phi) is 7.31. The lowest BCUT2D eigenvalue weighted by Gasteiger charge is -2.29. The first kappa shape index (κ1) is 19.9. The summed E-state index contributed by atoms with van der Waals surface area (Å²) < 4.78 is 0. The largest absolute Gasteiger partial charge is 0.352 e. The molecule has 1 atom stereocenters. The first-order chi connectivity index (χ1) is 13.1. The van der Waals surface area contributed by atoms with E-state index in [1.807, 2.05) is 30.3 Å². The molecule has 4 nitrogen and oxygen atoms in total. The number of amides is 2.